The van der Waals surface area contributed by atoms with E-state index in [4.69, 9.17) is 15.5 Å². The minimum Gasteiger partial charge on any atom is -0.384 e. The minimum atomic E-state index is -0.0177. The molecule has 0 saturated carbocycles. The average Bonchev–Trinajstić information content (AvgIpc) is 2.67. The highest BCUT2D eigenvalue weighted by Crippen LogP contribution is 2.33. The summed E-state index contributed by atoms with van der Waals surface area (Å²) in [5, 5.41) is 0. The fourth-order valence-corrected chi connectivity index (χ4v) is 2.74. The maximum absolute atomic E-state index is 6.34. The summed E-state index contributed by atoms with van der Waals surface area (Å²) in [6.45, 7) is 10.3. The largest absolute Gasteiger partial charge is 0.384 e. The maximum Gasteiger partial charge on any atom is 0.127 e. The molecule has 1 aliphatic rings. The Hall–Kier alpha value is -1.03. The quantitative estimate of drug-likeness (QED) is 0.879. The number of imidazole rings is 1. The van der Waals surface area contributed by atoms with Crippen molar-refractivity contribution in [3.8, 4) is 0 Å². The van der Waals surface area contributed by atoms with E-state index in [2.05, 4.69) is 32.3 Å². The molecule has 1 fully saturated rings. The number of hydrogen-bond acceptors (Lipinski definition) is 3. The van der Waals surface area contributed by atoms with E-state index >= 15 is 0 Å². The van der Waals surface area contributed by atoms with Crippen LogP contribution >= 0.6 is 0 Å². The standard InChI is InChI=1S/C14H25N3O/c1-5-11-16-12(10-7-6-8-18-9-10)13(15)17(11)14(2,3)4/h10H,5-9,15H2,1-4H3. The number of hydrogen-bond donors (Lipinski definition) is 1. The Bertz CT molecular complexity index is 411. The summed E-state index contributed by atoms with van der Waals surface area (Å²) >= 11 is 0. The summed E-state index contributed by atoms with van der Waals surface area (Å²) in [5.41, 5.74) is 7.37. The monoisotopic (exact) mass is 251 g/mol. The van der Waals surface area contributed by atoms with E-state index in [0.29, 0.717) is 5.92 Å². The lowest BCUT2D eigenvalue weighted by atomic mass is 9.98. The van der Waals surface area contributed by atoms with Gasteiger partial charge in [-0.15, -0.1) is 0 Å². The van der Waals surface area contributed by atoms with Crippen LogP contribution in [0.1, 0.15) is 58.0 Å². The van der Waals surface area contributed by atoms with Gasteiger partial charge >= 0.3 is 0 Å². The first-order valence-corrected chi connectivity index (χ1v) is 6.90. The zero-order valence-corrected chi connectivity index (χ0v) is 12.0. The molecule has 1 aliphatic heterocycles. The lowest BCUT2D eigenvalue weighted by molar-refractivity contribution is 0.0795. The molecule has 18 heavy (non-hydrogen) atoms. The summed E-state index contributed by atoms with van der Waals surface area (Å²) in [5.74, 6) is 2.28. The minimum absolute atomic E-state index is 0.0177. The zero-order valence-electron chi connectivity index (χ0n) is 12.0. The molecule has 0 aromatic carbocycles. The Balaban J connectivity index is 2.40. The lowest BCUT2D eigenvalue weighted by Crippen LogP contribution is -2.26. The fraction of sp³-hybridized carbons (Fsp3) is 0.786. The van der Waals surface area contributed by atoms with Crippen LogP contribution in [0.2, 0.25) is 0 Å². The second-order valence-corrected chi connectivity index (χ2v) is 6.07. The molecule has 1 aromatic rings. The first-order valence-electron chi connectivity index (χ1n) is 6.90. The zero-order chi connectivity index (χ0) is 13.3. The molecule has 4 heteroatoms. The van der Waals surface area contributed by atoms with E-state index in [1.165, 1.54) is 0 Å². The van der Waals surface area contributed by atoms with Crippen molar-refractivity contribution in [3.05, 3.63) is 11.5 Å². The molecule has 1 atom stereocenters. The highest BCUT2D eigenvalue weighted by Gasteiger charge is 2.28. The molecule has 0 spiro atoms. The van der Waals surface area contributed by atoms with Crippen LogP contribution in [0.15, 0.2) is 0 Å². The first kappa shape index (κ1) is 13.4. The number of anilines is 1. The number of nitrogens with two attached hydrogens (primary N) is 1. The van der Waals surface area contributed by atoms with Crippen LogP contribution in [-0.2, 0) is 16.7 Å². The predicted molar refractivity (Wildman–Crippen MR) is 73.8 cm³/mol. The van der Waals surface area contributed by atoms with Gasteiger partial charge in [0.2, 0.25) is 0 Å². The van der Waals surface area contributed by atoms with Crippen LogP contribution in [0.25, 0.3) is 0 Å². The molecule has 1 aromatic heterocycles. The molecule has 0 amide bonds. The molecular weight excluding hydrogens is 226 g/mol. The van der Waals surface area contributed by atoms with Gasteiger partial charge in [0, 0.05) is 24.5 Å². The summed E-state index contributed by atoms with van der Waals surface area (Å²) < 4.78 is 7.73. The van der Waals surface area contributed by atoms with Gasteiger partial charge in [0.25, 0.3) is 0 Å². The van der Waals surface area contributed by atoms with E-state index in [1.807, 2.05) is 0 Å². The molecule has 2 rings (SSSR count). The van der Waals surface area contributed by atoms with Crippen molar-refractivity contribution in [2.75, 3.05) is 18.9 Å². The number of aromatic nitrogens is 2. The number of nitrogens with zero attached hydrogens (tertiary/aromatic N) is 2. The van der Waals surface area contributed by atoms with Gasteiger partial charge in [-0.3, -0.25) is 0 Å². The van der Waals surface area contributed by atoms with Crippen molar-refractivity contribution in [3.63, 3.8) is 0 Å². The highest BCUT2D eigenvalue weighted by atomic mass is 16.5. The van der Waals surface area contributed by atoms with Gasteiger partial charge in [0.1, 0.15) is 11.6 Å². The smallest absolute Gasteiger partial charge is 0.127 e. The molecule has 102 valence electrons. The topological polar surface area (TPSA) is 53.1 Å². The molecule has 1 saturated heterocycles. The number of nitrogen functional groups attached to an aromatic ring is 1. The van der Waals surface area contributed by atoms with Crippen molar-refractivity contribution in [1.82, 2.24) is 9.55 Å². The van der Waals surface area contributed by atoms with Crippen molar-refractivity contribution in [2.45, 2.75) is 58.4 Å². The molecular formula is C14H25N3O. The summed E-state index contributed by atoms with van der Waals surface area (Å²) in [4.78, 5) is 4.78. The summed E-state index contributed by atoms with van der Waals surface area (Å²) in [7, 11) is 0. The third-order valence-corrected chi connectivity index (χ3v) is 3.55. The first-order chi connectivity index (χ1) is 8.45. The van der Waals surface area contributed by atoms with E-state index in [9.17, 15) is 0 Å². The van der Waals surface area contributed by atoms with E-state index in [1.54, 1.807) is 0 Å². The third kappa shape index (κ3) is 2.39. The second kappa shape index (κ2) is 4.92. The Kier molecular flexibility index (Phi) is 3.66. The van der Waals surface area contributed by atoms with Gasteiger partial charge < -0.3 is 15.0 Å². The van der Waals surface area contributed by atoms with Crippen LogP contribution in [0.5, 0.6) is 0 Å². The SMILES string of the molecule is CCc1nc(C2CCCOC2)c(N)n1C(C)(C)C. The molecule has 2 N–H and O–H groups in total. The van der Waals surface area contributed by atoms with Crippen molar-refractivity contribution in [2.24, 2.45) is 0 Å². The van der Waals surface area contributed by atoms with Crippen LogP contribution in [0.3, 0.4) is 0 Å². The summed E-state index contributed by atoms with van der Waals surface area (Å²) in [6, 6.07) is 0. The Morgan fingerprint density at radius 2 is 2.17 bits per heavy atom. The number of ether oxygens (including phenoxy) is 1. The van der Waals surface area contributed by atoms with Crippen LogP contribution in [-0.4, -0.2) is 22.8 Å². The van der Waals surface area contributed by atoms with Crippen molar-refractivity contribution >= 4 is 5.82 Å². The molecule has 0 radical (unpaired) electrons. The summed E-state index contributed by atoms with van der Waals surface area (Å²) in [6.07, 6.45) is 3.15. The van der Waals surface area contributed by atoms with Crippen LogP contribution < -0.4 is 5.73 Å². The van der Waals surface area contributed by atoms with Gasteiger partial charge in [0.15, 0.2) is 0 Å². The molecule has 0 aliphatic carbocycles. The Labute approximate surface area is 110 Å². The molecule has 2 heterocycles. The predicted octanol–water partition coefficient (Wildman–Crippen LogP) is 2.68. The number of rotatable bonds is 2. The highest BCUT2D eigenvalue weighted by molar-refractivity contribution is 5.42. The lowest BCUT2D eigenvalue weighted by Gasteiger charge is -2.26. The van der Waals surface area contributed by atoms with Crippen molar-refractivity contribution < 1.29 is 4.74 Å². The van der Waals surface area contributed by atoms with Crippen LogP contribution in [0, 0.1) is 0 Å². The van der Waals surface area contributed by atoms with Crippen molar-refractivity contribution in [1.29, 1.82) is 0 Å². The Morgan fingerprint density at radius 1 is 1.44 bits per heavy atom. The molecule has 1 unspecified atom stereocenters. The van der Waals surface area contributed by atoms with Gasteiger partial charge in [-0.05, 0) is 33.6 Å². The van der Waals surface area contributed by atoms with Crippen LogP contribution in [0.4, 0.5) is 5.82 Å². The molecule has 0 bridgehead atoms. The maximum atomic E-state index is 6.34. The normalized spacial score (nSPS) is 21.2. The fourth-order valence-electron chi connectivity index (χ4n) is 2.74. The van der Waals surface area contributed by atoms with E-state index in [-0.39, 0.29) is 5.54 Å². The average molecular weight is 251 g/mol. The number of aryl methyl sites for hydroxylation is 1. The van der Waals surface area contributed by atoms with Gasteiger partial charge in [0.05, 0.1) is 12.3 Å². The van der Waals surface area contributed by atoms with Gasteiger partial charge in [-0.1, -0.05) is 6.92 Å². The van der Waals surface area contributed by atoms with E-state index in [0.717, 1.165) is 49.8 Å². The second-order valence-electron chi connectivity index (χ2n) is 6.07. The van der Waals surface area contributed by atoms with Gasteiger partial charge in [-0.2, -0.15) is 0 Å². The molecule has 4 nitrogen and oxygen atoms in total. The Morgan fingerprint density at radius 3 is 2.61 bits per heavy atom. The van der Waals surface area contributed by atoms with E-state index < -0.39 is 0 Å². The third-order valence-electron chi connectivity index (χ3n) is 3.55. The van der Waals surface area contributed by atoms with Gasteiger partial charge in [-0.25, -0.2) is 4.98 Å².